The molecule has 0 fully saturated rings. The molecule has 10 heavy (non-hydrogen) atoms. The van der Waals surface area contributed by atoms with Gasteiger partial charge in [-0.2, -0.15) is 0 Å². The number of alkyl halides is 2. The highest BCUT2D eigenvalue weighted by Gasteiger charge is 2.19. The first-order valence-corrected chi connectivity index (χ1v) is 5.37. The van der Waals surface area contributed by atoms with Crippen LogP contribution in [0.1, 0.15) is 34.1 Å². The lowest BCUT2D eigenvalue weighted by molar-refractivity contribution is 0.530. The van der Waals surface area contributed by atoms with Gasteiger partial charge in [-0.3, -0.25) is 0 Å². The van der Waals surface area contributed by atoms with E-state index in [0.29, 0.717) is 4.83 Å². The molecule has 0 radical (unpaired) electrons. The van der Waals surface area contributed by atoms with Crippen molar-refractivity contribution in [1.29, 1.82) is 0 Å². The van der Waals surface area contributed by atoms with Crippen LogP contribution in [-0.4, -0.2) is 9.15 Å². The highest BCUT2D eigenvalue weighted by Crippen LogP contribution is 2.29. The van der Waals surface area contributed by atoms with Crippen LogP contribution in [0.3, 0.4) is 0 Å². The van der Waals surface area contributed by atoms with Crippen molar-refractivity contribution in [3.63, 3.8) is 0 Å². The molecule has 0 nitrogen and oxygen atoms in total. The molecule has 0 bridgehead atoms. The summed E-state index contributed by atoms with van der Waals surface area (Å²) >= 11 is 7.27. The molecule has 0 aliphatic heterocycles. The zero-order chi connectivity index (χ0) is 8.36. The average molecular weight is 272 g/mol. The van der Waals surface area contributed by atoms with E-state index in [9.17, 15) is 0 Å². The summed E-state index contributed by atoms with van der Waals surface area (Å²) in [5.41, 5.74) is 0. The third-order valence-corrected chi connectivity index (χ3v) is 3.11. The van der Waals surface area contributed by atoms with Gasteiger partial charge in [0.2, 0.25) is 0 Å². The number of rotatable bonds is 3. The van der Waals surface area contributed by atoms with Gasteiger partial charge in [-0.15, -0.1) is 0 Å². The predicted octanol–water partition coefficient (Wildman–Crippen LogP) is 3.97. The maximum Gasteiger partial charge on any atom is 0.0212 e. The molecule has 62 valence electrons. The van der Waals surface area contributed by atoms with Crippen LogP contribution in [0.4, 0.5) is 0 Å². The van der Waals surface area contributed by atoms with Crippen LogP contribution >= 0.6 is 31.9 Å². The van der Waals surface area contributed by atoms with Crippen molar-refractivity contribution in [2.75, 3.05) is 0 Å². The molecule has 0 aromatic heterocycles. The summed E-state index contributed by atoms with van der Waals surface area (Å²) in [5, 5.41) is 0. The minimum Gasteiger partial charge on any atom is -0.0887 e. The average Bonchev–Trinajstić information content (AvgIpc) is 1.60. The molecule has 0 amide bonds. The highest BCUT2D eigenvalue weighted by molar-refractivity contribution is 9.10. The van der Waals surface area contributed by atoms with Crippen LogP contribution in [0.2, 0.25) is 0 Å². The standard InChI is InChI=1S/C8H16Br2/c1-6(2)7(9)5-8(3,4)10/h6-7H,5H2,1-4H3. The van der Waals surface area contributed by atoms with Crippen LogP contribution < -0.4 is 0 Å². The predicted molar refractivity (Wildman–Crippen MR) is 55.2 cm³/mol. The molecule has 0 aliphatic rings. The van der Waals surface area contributed by atoms with E-state index in [1.807, 2.05) is 0 Å². The highest BCUT2D eigenvalue weighted by atomic mass is 79.9. The Morgan fingerprint density at radius 3 is 1.80 bits per heavy atom. The van der Waals surface area contributed by atoms with Gasteiger partial charge in [-0.1, -0.05) is 59.6 Å². The molecule has 0 saturated heterocycles. The lowest BCUT2D eigenvalue weighted by Crippen LogP contribution is -2.19. The molecule has 0 aromatic carbocycles. The van der Waals surface area contributed by atoms with Crippen molar-refractivity contribution in [2.24, 2.45) is 5.92 Å². The molecule has 2 heteroatoms. The maximum absolute atomic E-state index is 3.65. The summed E-state index contributed by atoms with van der Waals surface area (Å²) in [4.78, 5) is 0.627. The summed E-state index contributed by atoms with van der Waals surface area (Å²) in [6.07, 6.45) is 1.17. The van der Waals surface area contributed by atoms with E-state index < -0.39 is 0 Å². The van der Waals surface area contributed by atoms with Crippen molar-refractivity contribution in [3.8, 4) is 0 Å². The fraction of sp³-hybridized carbons (Fsp3) is 1.00. The third-order valence-electron chi connectivity index (χ3n) is 1.40. The lowest BCUT2D eigenvalue weighted by Gasteiger charge is -2.22. The first-order valence-electron chi connectivity index (χ1n) is 3.66. The fourth-order valence-electron chi connectivity index (χ4n) is 0.699. The van der Waals surface area contributed by atoms with Crippen molar-refractivity contribution in [2.45, 2.75) is 43.3 Å². The van der Waals surface area contributed by atoms with E-state index in [0.717, 1.165) is 5.92 Å². The Hall–Kier alpha value is 0.960. The first-order chi connectivity index (χ1) is 4.33. The molecule has 0 saturated carbocycles. The Morgan fingerprint density at radius 1 is 1.30 bits per heavy atom. The Morgan fingerprint density at radius 2 is 1.70 bits per heavy atom. The Kier molecular flexibility index (Phi) is 4.50. The third kappa shape index (κ3) is 5.72. The van der Waals surface area contributed by atoms with Gasteiger partial charge in [0.15, 0.2) is 0 Å². The zero-order valence-electron chi connectivity index (χ0n) is 7.12. The normalized spacial score (nSPS) is 15.9. The van der Waals surface area contributed by atoms with Gasteiger partial charge in [0.1, 0.15) is 0 Å². The molecule has 0 aromatic rings. The second-order valence-electron chi connectivity index (χ2n) is 3.68. The number of halogens is 2. The van der Waals surface area contributed by atoms with E-state index in [4.69, 9.17) is 0 Å². The number of hydrogen-bond donors (Lipinski definition) is 0. The number of hydrogen-bond acceptors (Lipinski definition) is 0. The van der Waals surface area contributed by atoms with E-state index >= 15 is 0 Å². The second kappa shape index (κ2) is 4.10. The molecular weight excluding hydrogens is 256 g/mol. The first kappa shape index (κ1) is 11.0. The Balaban J connectivity index is 3.68. The van der Waals surface area contributed by atoms with Crippen molar-refractivity contribution >= 4 is 31.9 Å². The summed E-state index contributed by atoms with van der Waals surface area (Å²) < 4.78 is 0.269. The minimum absolute atomic E-state index is 0.269. The van der Waals surface area contributed by atoms with Gasteiger partial charge < -0.3 is 0 Å². The van der Waals surface area contributed by atoms with Crippen LogP contribution in [0, 0.1) is 5.92 Å². The minimum atomic E-state index is 0.269. The Labute approximate surface area is 81.0 Å². The Bertz CT molecular complexity index is 91.9. The van der Waals surface area contributed by atoms with Crippen molar-refractivity contribution in [1.82, 2.24) is 0 Å². The zero-order valence-corrected chi connectivity index (χ0v) is 10.3. The van der Waals surface area contributed by atoms with Crippen LogP contribution in [0.25, 0.3) is 0 Å². The molecular formula is C8H16Br2. The van der Waals surface area contributed by atoms with Crippen molar-refractivity contribution in [3.05, 3.63) is 0 Å². The SMILES string of the molecule is CC(C)C(Br)CC(C)(C)Br. The van der Waals surface area contributed by atoms with Gasteiger partial charge in [0, 0.05) is 9.15 Å². The summed E-state index contributed by atoms with van der Waals surface area (Å²) in [7, 11) is 0. The van der Waals surface area contributed by atoms with Crippen molar-refractivity contribution < 1.29 is 0 Å². The molecule has 0 heterocycles. The molecule has 1 atom stereocenters. The van der Waals surface area contributed by atoms with E-state index in [1.54, 1.807) is 0 Å². The van der Waals surface area contributed by atoms with Gasteiger partial charge in [-0.05, 0) is 12.3 Å². The maximum atomic E-state index is 3.65. The molecule has 0 spiro atoms. The van der Waals surface area contributed by atoms with Gasteiger partial charge in [-0.25, -0.2) is 0 Å². The summed E-state index contributed by atoms with van der Waals surface area (Å²) in [6.45, 7) is 8.86. The van der Waals surface area contributed by atoms with E-state index in [2.05, 4.69) is 59.6 Å². The van der Waals surface area contributed by atoms with Gasteiger partial charge >= 0.3 is 0 Å². The van der Waals surface area contributed by atoms with Crippen LogP contribution in [0.5, 0.6) is 0 Å². The second-order valence-corrected chi connectivity index (χ2v) is 7.01. The quantitative estimate of drug-likeness (QED) is 0.682. The lowest BCUT2D eigenvalue weighted by atomic mass is 10.0. The summed E-state index contributed by atoms with van der Waals surface area (Å²) in [6, 6.07) is 0. The molecule has 0 N–H and O–H groups in total. The van der Waals surface area contributed by atoms with E-state index in [-0.39, 0.29) is 4.32 Å². The largest absolute Gasteiger partial charge is 0.0887 e. The smallest absolute Gasteiger partial charge is 0.0212 e. The van der Waals surface area contributed by atoms with Gasteiger partial charge in [0.05, 0.1) is 0 Å². The monoisotopic (exact) mass is 270 g/mol. The van der Waals surface area contributed by atoms with E-state index in [1.165, 1.54) is 6.42 Å². The molecule has 0 rings (SSSR count). The van der Waals surface area contributed by atoms with Crippen LogP contribution in [-0.2, 0) is 0 Å². The van der Waals surface area contributed by atoms with Gasteiger partial charge in [0.25, 0.3) is 0 Å². The fourth-order valence-corrected chi connectivity index (χ4v) is 2.29. The summed E-state index contributed by atoms with van der Waals surface area (Å²) in [5.74, 6) is 0.719. The molecule has 0 aliphatic carbocycles. The molecule has 1 unspecified atom stereocenters. The topological polar surface area (TPSA) is 0 Å². The van der Waals surface area contributed by atoms with Crippen LogP contribution in [0.15, 0.2) is 0 Å².